The first-order valence-corrected chi connectivity index (χ1v) is 6.63. The highest BCUT2D eigenvalue weighted by molar-refractivity contribution is 5.46. The largest absolute Gasteiger partial charge is 0.310 e. The van der Waals surface area contributed by atoms with Gasteiger partial charge in [-0.2, -0.15) is 15.6 Å². The molecule has 0 atom stereocenters. The van der Waals surface area contributed by atoms with Gasteiger partial charge in [0.15, 0.2) is 11.4 Å². The van der Waals surface area contributed by atoms with E-state index in [9.17, 15) is 5.26 Å². The summed E-state index contributed by atoms with van der Waals surface area (Å²) < 4.78 is 3.33. The monoisotopic (exact) mass is 283 g/mol. The molecular weight excluding hydrogens is 266 g/mol. The predicted octanol–water partition coefficient (Wildman–Crippen LogP) is 1.16. The summed E-state index contributed by atoms with van der Waals surface area (Å²) in [6, 6.07) is 4.31. The summed E-state index contributed by atoms with van der Waals surface area (Å²) in [7, 11) is 1.81. The van der Waals surface area contributed by atoms with Crippen molar-refractivity contribution in [1.82, 2.24) is 24.6 Å². The SMILES string of the molecule is Cc1nn(C)c(-n2cnc(C#N)c2C#N)c1CNC(C)C. The number of imidazole rings is 1. The molecule has 7 nitrogen and oxygen atoms in total. The van der Waals surface area contributed by atoms with Gasteiger partial charge in [-0.1, -0.05) is 13.8 Å². The van der Waals surface area contributed by atoms with Gasteiger partial charge in [-0.15, -0.1) is 0 Å². The Labute approximate surface area is 123 Å². The van der Waals surface area contributed by atoms with Gasteiger partial charge >= 0.3 is 0 Å². The van der Waals surface area contributed by atoms with Gasteiger partial charge in [0.1, 0.15) is 24.3 Å². The van der Waals surface area contributed by atoms with E-state index in [-0.39, 0.29) is 11.4 Å². The normalized spacial score (nSPS) is 10.6. The number of rotatable bonds is 4. The second-order valence-corrected chi connectivity index (χ2v) is 5.08. The molecule has 0 amide bonds. The van der Waals surface area contributed by atoms with Crippen molar-refractivity contribution in [2.45, 2.75) is 33.4 Å². The molecule has 0 unspecified atom stereocenters. The van der Waals surface area contributed by atoms with E-state index in [1.54, 1.807) is 9.25 Å². The van der Waals surface area contributed by atoms with Crippen molar-refractivity contribution in [3.8, 4) is 18.0 Å². The van der Waals surface area contributed by atoms with Crippen LogP contribution in [0.5, 0.6) is 0 Å². The molecule has 0 bridgehead atoms. The lowest BCUT2D eigenvalue weighted by Gasteiger charge is -2.11. The quantitative estimate of drug-likeness (QED) is 0.908. The van der Waals surface area contributed by atoms with E-state index in [0.29, 0.717) is 12.6 Å². The molecule has 0 radical (unpaired) electrons. The highest BCUT2D eigenvalue weighted by atomic mass is 15.3. The first kappa shape index (κ1) is 14.8. The Balaban J connectivity index is 2.57. The van der Waals surface area contributed by atoms with Crippen molar-refractivity contribution in [3.05, 3.63) is 29.0 Å². The lowest BCUT2D eigenvalue weighted by atomic mass is 10.2. The molecule has 108 valence electrons. The average Bonchev–Trinajstić information content (AvgIpc) is 2.95. The topological polar surface area (TPSA) is 95.2 Å². The number of hydrogen-bond donors (Lipinski definition) is 1. The predicted molar refractivity (Wildman–Crippen MR) is 76.5 cm³/mol. The molecule has 0 aliphatic heterocycles. The number of nitrogens with one attached hydrogen (secondary N) is 1. The summed E-state index contributed by atoms with van der Waals surface area (Å²) in [4.78, 5) is 3.99. The van der Waals surface area contributed by atoms with Crippen LogP contribution < -0.4 is 5.32 Å². The van der Waals surface area contributed by atoms with Crippen molar-refractivity contribution in [3.63, 3.8) is 0 Å². The smallest absolute Gasteiger partial charge is 0.177 e. The van der Waals surface area contributed by atoms with Crippen LogP contribution in [-0.2, 0) is 13.6 Å². The summed E-state index contributed by atoms with van der Waals surface area (Å²) in [6.07, 6.45) is 1.49. The van der Waals surface area contributed by atoms with E-state index < -0.39 is 0 Å². The molecule has 0 saturated carbocycles. The standard InChI is InChI=1S/C14H17N7/c1-9(2)17-7-11-10(3)19-20(4)14(11)21-8-18-12(5-15)13(21)6-16/h8-9,17H,7H2,1-4H3. The Hall–Kier alpha value is -2.64. The van der Waals surface area contributed by atoms with Gasteiger partial charge < -0.3 is 5.32 Å². The molecule has 2 aromatic rings. The molecule has 0 spiro atoms. The summed E-state index contributed by atoms with van der Waals surface area (Å²) in [5.41, 5.74) is 2.23. The van der Waals surface area contributed by atoms with Gasteiger partial charge in [0.05, 0.1) is 5.69 Å². The molecular formula is C14H17N7. The first-order valence-electron chi connectivity index (χ1n) is 6.63. The van der Waals surface area contributed by atoms with Crippen molar-refractivity contribution < 1.29 is 0 Å². The molecule has 0 aliphatic rings. The minimum atomic E-state index is 0.124. The van der Waals surface area contributed by atoms with Crippen molar-refractivity contribution >= 4 is 0 Å². The van der Waals surface area contributed by atoms with Gasteiger partial charge in [-0.25, -0.2) is 4.98 Å². The van der Waals surface area contributed by atoms with Crippen molar-refractivity contribution in [2.24, 2.45) is 7.05 Å². The van der Waals surface area contributed by atoms with E-state index in [1.807, 2.05) is 26.1 Å². The molecule has 0 aliphatic carbocycles. The Morgan fingerprint density at radius 2 is 2.05 bits per heavy atom. The second kappa shape index (κ2) is 5.78. The lowest BCUT2D eigenvalue weighted by molar-refractivity contribution is 0.585. The number of nitriles is 2. The van der Waals surface area contributed by atoms with E-state index in [0.717, 1.165) is 17.1 Å². The fourth-order valence-electron chi connectivity index (χ4n) is 2.20. The fraction of sp³-hybridized carbons (Fsp3) is 0.429. The zero-order chi connectivity index (χ0) is 15.6. The molecule has 2 rings (SSSR count). The van der Waals surface area contributed by atoms with Crippen LogP contribution in [0.4, 0.5) is 0 Å². The van der Waals surface area contributed by atoms with Crippen LogP contribution in [0.1, 0.15) is 36.5 Å². The van der Waals surface area contributed by atoms with Crippen LogP contribution in [0.15, 0.2) is 6.33 Å². The third-order valence-corrected chi connectivity index (χ3v) is 3.21. The Morgan fingerprint density at radius 3 is 2.62 bits per heavy atom. The maximum Gasteiger partial charge on any atom is 0.177 e. The van der Waals surface area contributed by atoms with E-state index in [1.165, 1.54) is 6.33 Å². The molecule has 2 heterocycles. The van der Waals surface area contributed by atoms with Gasteiger partial charge in [-0.05, 0) is 6.92 Å². The van der Waals surface area contributed by atoms with Crippen LogP contribution in [0.3, 0.4) is 0 Å². The van der Waals surface area contributed by atoms with Gasteiger partial charge in [0.2, 0.25) is 0 Å². The van der Waals surface area contributed by atoms with Gasteiger partial charge in [-0.3, -0.25) is 9.25 Å². The van der Waals surface area contributed by atoms with Crippen LogP contribution >= 0.6 is 0 Å². The van der Waals surface area contributed by atoms with Gasteiger partial charge in [0.25, 0.3) is 0 Å². The highest BCUT2D eigenvalue weighted by Crippen LogP contribution is 2.21. The maximum atomic E-state index is 9.28. The summed E-state index contributed by atoms with van der Waals surface area (Å²) >= 11 is 0. The molecule has 1 N–H and O–H groups in total. The number of aryl methyl sites for hydroxylation is 2. The Kier molecular flexibility index (Phi) is 4.06. The summed E-state index contributed by atoms with van der Waals surface area (Å²) in [5, 5.41) is 26.1. The van der Waals surface area contributed by atoms with Crippen LogP contribution in [0.2, 0.25) is 0 Å². The van der Waals surface area contributed by atoms with Crippen molar-refractivity contribution in [2.75, 3.05) is 0 Å². The third-order valence-electron chi connectivity index (χ3n) is 3.21. The summed E-state index contributed by atoms with van der Waals surface area (Å²) in [6.45, 7) is 6.70. The fourth-order valence-corrected chi connectivity index (χ4v) is 2.20. The minimum Gasteiger partial charge on any atom is -0.310 e. The number of aromatic nitrogens is 4. The minimum absolute atomic E-state index is 0.124. The second-order valence-electron chi connectivity index (χ2n) is 5.08. The molecule has 2 aromatic heterocycles. The van der Waals surface area contributed by atoms with Crippen molar-refractivity contribution in [1.29, 1.82) is 10.5 Å². The lowest BCUT2D eigenvalue weighted by Crippen LogP contribution is -2.23. The summed E-state index contributed by atoms with van der Waals surface area (Å²) in [5.74, 6) is 0.756. The van der Waals surface area contributed by atoms with E-state index in [2.05, 4.69) is 29.2 Å². The van der Waals surface area contributed by atoms with Gasteiger partial charge in [0, 0.05) is 25.2 Å². The molecule has 7 heteroatoms. The number of nitrogens with zero attached hydrogens (tertiary/aromatic N) is 6. The first-order chi connectivity index (χ1) is 9.99. The van der Waals surface area contributed by atoms with Crippen LogP contribution in [-0.4, -0.2) is 25.4 Å². The van der Waals surface area contributed by atoms with Crippen LogP contribution in [0, 0.1) is 29.6 Å². The third kappa shape index (κ3) is 2.64. The molecule has 0 aromatic carbocycles. The zero-order valence-electron chi connectivity index (χ0n) is 12.5. The van der Waals surface area contributed by atoms with Crippen LogP contribution in [0.25, 0.3) is 5.82 Å². The average molecular weight is 283 g/mol. The Bertz CT molecular complexity index is 737. The van der Waals surface area contributed by atoms with E-state index >= 15 is 0 Å². The Morgan fingerprint density at radius 1 is 1.33 bits per heavy atom. The number of hydrogen-bond acceptors (Lipinski definition) is 5. The molecule has 21 heavy (non-hydrogen) atoms. The van der Waals surface area contributed by atoms with E-state index in [4.69, 9.17) is 5.26 Å². The molecule has 0 fully saturated rings. The maximum absolute atomic E-state index is 9.28. The molecule has 0 saturated heterocycles. The highest BCUT2D eigenvalue weighted by Gasteiger charge is 2.20. The zero-order valence-corrected chi connectivity index (χ0v) is 12.5.